The number of carbonyl (C=O) groups is 1. The van der Waals surface area contributed by atoms with Gasteiger partial charge in [-0.05, 0) is 56.3 Å². The topological polar surface area (TPSA) is 75.7 Å². The molecule has 0 radical (unpaired) electrons. The zero-order valence-corrected chi connectivity index (χ0v) is 18.2. The van der Waals surface area contributed by atoms with Crippen LogP contribution >= 0.6 is 11.6 Å². The lowest BCUT2D eigenvalue weighted by Gasteiger charge is -2.34. The average molecular weight is 477 g/mol. The second-order valence-corrected chi connectivity index (χ2v) is 9.60. The van der Waals surface area contributed by atoms with Crippen molar-refractivity contribution in [1.82, 2.24) is 4.31 Å². The Labute approximate surface area is 183 Å². The van der Waals surface area contributed by atoms with E-state index in [0.717, 1.165) is 18.2 Å². The Morgan fingerprint density at radius 1 is 1.10 bits per heavy atom. The summed E-state index contributed by atoms with van der Waals surface area (Å²) >= 11 is 5.90. The van der Waals surface area contributed by atoms with Crippen molar-refractivity contribution >= 4 is 33.2 Å². The molecule has 1 saturated heterocycles. The molecule has 1 N–H and O–H groups in total. The van der Waals surface area contributed by atoms with Gasteiger partial charge in [-0.1, -0.05) is 11.6 Å². The standard InChI is InChI=1S/C20H20ClF3N2O4S/c1-12-10-26(11-13(2)30-12)31(28,29)16-6-3-14(4-7-16)19(27)25-18-9-15(20(22,23)24)5-8-17(18)21/h3-9,12-13H,10-11H2,1-2H3,(H,25,27)/t12-,13-/m0/s1. The first-order valence-electron chi connectivity index (χ1n) is 9.31. The lowest BCUT2D eigenvalue weighted by molar-refractivity contribution is -0.137. The van der Waals surface area contributed by atoms with Crippen molar-refractivity contribution in [2.45, 2.75) is 37.1 Å². The first kappa shape index (κ1) is 23.5. The van der Waals surface area contributed by atoms with Gasteiger partial charge in [0.2, 0.25) is 10.0 Å². The van der Waals surface area contributed by atoms with E-state index in [1.54, 1.807) is 13.8 Å². The van der Waals surface area contributed by atoms with Crippen LogP contribution in [-0.4, -0.2) is 43.9 Å². The molecular weight excluding hydrogens is 457 g/mol. The van der Waals surface area contributed by atoms with Crippen LogP contribution in [0.2, 0.25) is 5.02 Å². The minimum Gasteiger partial charge on any atom is -0.373 e. The van der Waals surface area contributed by atoms with Crippen molar-refractivity contribution in [2.24, 2.45) is 0 Å². The summed E-state index contributed by atoms with van der Waals surface area (Å²) in [5.41, 5.74) is -1.09. The molecule has 168 valence electrons. The van der Waals surface area contributed by atoms with Gasteiger partial charge < -0.3 is 10.1 Å². The SMILES string of the molecule is C[C@H]1CN(S(=O)(=O)c2ccc(C(=O)Nc3cc(C(F)(F)F)ccc3Cl)cc2)C[C@H](C)O1. The summed E-state index contributed by atoms with van der Waals surface area (Å²) < 4.78 is 71.3. The number of nitrogens with zero attached hydrogens (tertiary/aromatic N) is 1. The molecule has 1 fully saturated rings. The summed E-state index contributed by atoms with van der Waals surface area (Å²) in [4.78, 5) is 12.5. The monoisotopic (exact) mass is 476 g/mol. The van der Waals surface area contributed by atoms with Crippen LogP contribution < -0.4 is 5.32 Å². The van der Waals surface area contributed by atoms with E-state index >= 15 is 0 Å². The number of benzene rings is 2. The predicted octanol–water partition coefficient (Wildman–Crippen LogP) is 4.41. The Bertz CT molecular complexity index is 1060. The summed E-state index contributed by atoms with van der Waals surface area (Å²) in [5.74, 6) is -0.723. The van der Waals surface area contributed by atoms with Gasteiger partial charge in [-0.15, -0.1) is 0 Å². The molecule has 0 spiro atoms. The highest BCUT2D eigenvalue weighted by Gasteiger charge is 2.33. The smallest absolute Gasteiger partial charge is 0.373 e. The molecule has 1 aliphatic heterocycles. The molecule has 2 atom stereocenters. The Morgan fingerprint density at radius 2 is 1.68 bits per heavy atom. The molecule has 1 amide bonds. The maximum absolute atomic E-state index is 12.9. The third-order valence-corrected chi connectivity index (χ3v) is 6.86. The number of morpholine rings is 1. The Morgan fingerprint density at radius 3 is 2.23 bits per heavy atom. The van der Waals surface area contributed by atoms with E-state index in [-0.39, 0.29) is 46.5 Å². The van der Waals surface area contributed by atoms with Crippen molar-refractivity contribution in [3.63, 3.8) is 0 Å². The summed E-state index contributed by atoms with van der Waals surface area (Å²) in [7, 11) is -3.78. The highest BCUT2D eigenvalue weighted by molar-refractivity contribution is 7.89. The van der Waals surface area contributed by atoms with Crippen molar-refractivity contribution < 1.29 is 31.1 Å². The van der Waals surface area contributed by atoms with Crippen LogP contribution in [-0.2, 0) is 20.9 Å². The molecule has 11 heteroatoms. The second-order valence-electron chi connectivity index (χ2n) is 7.25. The quantitative estimate of drug-likeness (QED) is 0.709. The average Bonchev–Trinajstić information content (AvgIpc) is 2.68. The summed E-state index contributed by atoms with van der Waals surface area (Å²) in [6, 6.07) is 7.73. The number of alkyl halides is 3. The van der Waals surface area contributed by atoms with Crippen LogP contribution in [0, 0.1) is 0 Å². The number of hydrogen-bond acceptors (Lipinski definition) is 4. The van der Waals surface area contributed by atoms with Gasteiger partial charge in [0.1, 0.15) is 0 Å². The molecule has 0 unspecified atom stereocenters. The third kappa shape index (κ3) is 5.38. The lowest BCUT2D eigenvalue weighted by Crippen LogP contribution is -2.48. The van der Waals surface area contributed by atoms with Crippen LogP contribution in [0.1, 0.15) is 29.8 Å². The summed E-state index contributed by atoms with van der Waals surface area (Å²) in [6.07, 6.45) is -5.09. The largest absolute Gasteiger partial charge is 0.416 e. The highest BCUT2D eigenvalue weighted by atomic mass is 35.5. The molecule has 6 nitrogen and oxygen atoms in total. The Balaban J connectivity index is 1.78. The van der Waals surface area contributed by atoms with E-state index in [4.69, 9.17) is 16.3 Å². The van der Waals surface area contributed by atoms with Crippen LogP contribution in [0.15, 0.2) is 47.4 Å². The maximum atomic E-state index is 12.9. The molecule has 1 aliphatic rings. The Kier molecular flexibility index (Phi) is 6.66. The minimum atomic E-state index is -4.59. The number of nitrogens with one attached hydrogen (secondary N) is 1. The first-order valence-corrected chi connectivity index (χ1v) is 11.1. The van der Waals surface area contributed by atoms with Crippen molar-refractivity contribution in [1.29, 1.82) is 0 Å². The molecule has 2 aromatic carbocycles. The third-order valence-electron chi connectivity index (χ3n) is 4.68. The van der Waals surface area contributed by atoms with Gasteiger partial charge in [-0.2, -0.15) is 17.5 Å². The van der Waals surface area contributed by atoms with E-state index in [1.165, 1.54) is 28.6 Å². The number of halogens is 4. The fraction of sp³-hybridized carbons (Fsp3) is 0.350. The van der Waals surface area contributed by atoms with Crippen LogP contribution in [0.25, 0.3) is 0 Å². The molecule has 1 heterocycles. The van der Waals surface area contributed by atoms with E-state index in [1.807, 2.05) is 0 Å². The summed E-state index contributed by atoms with van der Waals surface area (Å²) in [6.45, 7) is 3.99. The number of hydrogen-bond donors (Lipinski definition) is 1. The van der Waals surface area contributed by atoms with Crippen molar-refractivity contribution in [3.8, 4) is 0 Å². The lowest BCUT2D eigenvalue weighted by atomic mass is 10.1. The molecule has 0 aliphatic carbocycles. The van der Waals surface area contributed by atoms with E-state index in [2.05, 4.69) is 5.32 Å². The number of anilines is 1. The number of sulfonamides is 1. The number of rotatable bonds is 4. The molecule has 31 heavy (non-hydrogen) atoms. The highest BCUT2D eigenvalue weighted by Crippen LogP contribution is 2.34. The second kappa shape index (κ2) is 8.78. The molecular formula is C20H20ClF3N2O4S. The van der Waals surface area contributed by atoms with Gasteiger partial charge in [-0.25, -0.2) is 8.42 Å². The van der Waals surface area contributed by atoms with Gasteiger partial charge in [-0.3, -0.25) is 4.79 Å². The van der Waals surface area contributed by atoms with E-state index < -0.39 is 27.7 Å². The van der Waals surface area contributed by atoms with E-state index in [0.29, 0.717) is 0 Å². The van der Waals surface area contributed by atoms with Crippen LogP contribution in [0.3, 0.4) is 0 Å². The van der Waals surface area contributed by atoms with E-state index in [9.17, 15) is 26.4 Å². The number of ether oxygens (including phenoxy) is 1. The van der Waals surface area contributed by atoms with Gasteiger partial charge in [0, 0.05) is 18.7 Å². The normalized spacial score (nSPS) is 20.5. The fourth-order valence-electron chi connectivity index (χ4n) is 3.25. The maximum Gasteiger partial charge on any atom is 0.416 e. The zero-order valence-electron chi connectivity index (χ0n) is 16.6. The Hall–Kier alpha value is -2.14. The van der Waals surface area contributed by atoms with Crippen molar-refractivity contribution in [3.05, 3.63) is 58.6 Å². The fourth-order valence-corrected chi connectivity index (χ4v) is 5.00. The van der Waals surface area contributed by atoms with Crippen LogP contribution in [0.4, 0.5) is 18.9 Å². The molecule has 0 bridgehead atoms. The molecule has 2 aromatic rings. The zero-order chi connectivity index (χ0) is 23.0. The number of amides is 1. The number of carbonyl (C=O) groups excluding carboxylic acids is 1. The van der Waals surface area contributed by atoms with Gasteiger partial charge >= 0.3 is 6.18 Å². The van der Waals surface area contributed by atoms with Gasteiger partial charge in [0.15, 0.2) is 0 Å². The van der Waals surface area contributed by atoms with Crippen molar-refractivity contribution in [2.75, 3.05) is 18.4 Å². The van der Waals surface area contributed by atoms with Gasteiger partial charge in [0.05, 0.1) is 33.4 Å². The van der Waals surface area contributed by atoms with Gasteiger partial charge in [0.25, 0.3) is 5.91 Å². The molecule has 0 aromatic heterocycles. The molecule has 0 saturated carbocycles. The summed E-state index contributed by atoms with van der Waals surface area (Å²) in [5, 5.41) is 2.27. The molecule has 3 rings (SSSR count). The predicted molar refractivity (Wildman–Crippen MR) is 110 cm³/mol. The van der Waals surface area contributed by atoms with Crippen LogP contribution in [0.5, 0.6) is 0 Å². The first-order chi connectivity index (χ1) is 14.4. The minimum absolute atomic E-state index is 0.00227.